The standard InChI is InChI=1S/C26H20ClN5O2/c1-31(22-5-2-3-14-28-22)23(33)17-34-21-12-8-19(9-13-21)25-24(18-6-10-20(27)11-7-18)30-26-29-15-4-16-32(25)26/h2-16H,17H2,1H3. The summed E-state index contributed by atoms with van der Waals surface area (Å²) in [7, 11) is 1.67. The van der Waals surface area contributed by atoms with E-state index in [2.05, 4.69) is 9.97 Å². The van der Waals surface area contributed by atoms with E-state index < -0.39 is 0 Å². The molecule has 0 unspecified atom stereocenters. The molecule has 0 atom stereocenters. The van der Waals surface area contributed by atoms with Gasteiger partial charge in [-0.15, -0.1) is 0 Å². The summed E-state index contributed by atoms with van der Waals surface area (Å²) in [5.41, 5.74) is 3.59. The average Bonchev–Trinajstić information content (AvgIpc) is 3.27. The zero-order valence-electron chi connectivity index (χ0n) is 18.3. The van der Waals surface area contributed by atoms with E-state index in [-0.39, 0.29) is 12.5 Å². The van der Waals surface area contributed by atoms with Crippen molar-refractivity contribution >= 4 is 29.1 Å². The van der Waals surface area contributed by atoms with Gasteiger partial charge in [-0.1, -0.05) is 29.8 Å². The van der Waals surface area contributed by atoms with Gasteiger partial charge in [-0.2, -0.15) is 0 Å². The number of benzene rings is 2. The molecular weight excluding hydrogens is 450 g/mol. The van der Waals surface area contributed by atoms with Gasteiger partial charge in [0, 0.05) is 41.8 Å². The van der Waals surface area contributed by atoms with Crippen molar-refractivity contribution in [3.8, 4) is 28.3 Å². The van der Waals surface area contributed by atoms with Crippen LogP contribution in [0.3, 0.4) is 0 Å². The van der Waals surface area contributed by atoms with Gasteiger partial charge in [0.15, 0.2) is 6.61 Å². The first-order valence-electron chi connectivity index (χ1n) is 10.6. The third-order valence-electron chi connectivity index (χ3n) is 5.38. The molecule has 5 rings (SSSR count). The lowest BCUT2D eigenvalue weighted by Crippen LogP contribution is -2.31. The highest BCUT2D eigenvalue weighted by Crippen LogP contribution is 2.33. The maximum Gasteiger partial charge on any atom is 0.265 e. The molecular formula is C26H20ClN5O2. The van der Waals surface area contributed by atoms with E-state index in [1.807, 2.05) is 71.3 Å². The third-order valence-corrected chi connectivity index (χ3v) is 5.63. The summed E-state index contributed by atoms with van der Waals surface area (Å²) in [5.74, 6) is 1.57. The molecule has 8 heteroatoms. The largest absolute Gasteiger partial charge is 0.484 e. The Kier molecular flexibility index (Phi) is 5.93. The van der Waals surface area contributed by atoms with E-state index in [4.69, 9.17) is 21.3 Å². The van der Waals surface area contributed by atoms with Crippen LogP contribution in [0.5, 0.6) is 5.75 Å². The average molecular weight is 470 g/mol. The summed E-state index contributed by atoms with van der Waals surface area (Å²) in [6, 6.07) is 22.4. The number of amides is 1. The van der Waals surface area contributed by atoms with E-state index in [0.717, 1.165) is 22.5 Å². The van der Waals surface area contributed by atoms with Gasteiger partial charge in [-0.3, -0.25) is 14.1 Å². The minimum Gasteiger partial charge on any atom is -0.484 e. The van der Waals surface area contributed by atoms with Crippen LogP contribution in [-0.2, 0) is 4.79 Å². The molecule has 168 valence electrons. The Balaban J connectivity index is 1.39. The SMILES string of the molecule is CN(C(=O)COc1ccc(-c2c(-c3ccc(Cl)cc3)nc3ncccn23)cc1)c1ccccn1. The molecule has 0 saturated carbocycles. The predicted octanol–water partition coefficient (Wildman–Crippen LogP) is 5.15. The van der Waals surface area contributed by atoms with Crippen LogP contribution >= 0.6 is 11.6 Å². The molecule has 0 spiro atoms. The number of likely N-dealkylation sites (N-methyl/N-ethyl adjacent to an activating group) is 1. The first kappa shape index (κ1) is 21.6. The maximum atomic E-state index is 12.5. The van der Waals surface area contributed by atoms with E-state index in [0.29, 0.717) is 22.4 Å². The van der Waals surface area contributed by atoms with Crippen molar-refractivity contribution < 1.29 is 9.53 Å². The molecule has 5 aromatic rings. The lowest BCUT2D eigenvalue weighted by atomic mass is 10.0. The molecule has 0 radical (unpaired) electrons. The second kappa shape index (κ2) is 9.33. The van der Waals surface area contributed by atoms with Crippen molar-refractivity contribution in [1.29, 1.82) is 0 Å². The summed E-state index contributed by atoms with van der Waals surface area (Å²) in [5, 5.41) is 0.664. The molecule has 1 amide bonds. The molecule has 0 aliphatic rings. The topological polar surface area (TPSA) is 72.6 Å². The summed E-state index contributed by atoms with van der Waals surface area (Å²) < 4.78 is 7.68. The van der Waals surface area contributed by atoms with Crippen LogP contribution in [0.15, 0.2) is 91.4 Å². The highest BCUT2D eigenvalue weighted by atomic mass is 35.5. The number of nitrogens with zero attached hydrogens (tertiary/aromatic N) is 5. The molecule has 3 heterocycles. The number of halogens is 1. The minimum atomic E-state index is -0.194. The Bertz CT molecular complexity index is 1430. The van der Waals surface area contributed by atoms with Gasteiger partial charge in [0.1, 0.15) is 11.6 Å². The zero-order valence-corrected chi connectivity index (χ0v) is 19.1. The summed E-state index contributed by atoms with van der Waals surface area (Å²) in [4.78, 5) is 27.3. The summed E-state index contributed by atoms with van der Waals surface area (Å²) >= 11 is 6.08. The Hall–Kier alpha value is -4.23. The van der Waals surface area contributed by atoms with E-state index in [1.54, 1.807) is 31.6 Å². The van der Waals surface area contributed by atoms with Crippen LogP contribution in [-0.4, -0.2) is 38.9 Å². The van der Waals surface area contributed by atoms with Gasteiger partial charge in [-0.25, -0.2) is 15.0 Å². The first-order chi connectivity index (χ1) is 16.6. The molecule has 0 aliphatic carbocycles. The van der Waals surface area contributed by atoms with Crippen LogP contribution in [0.25, 0.3) is 28.3 Å². The first-order valence-corrected chi connectivity index (χ1v) is 11.0. The number of hydrogen-bond donors (Lipinski definition) is 0. The second-order valence-corrected chi connectivity index (χ2v) is 8.00. The van der Waals surface area contributed by atoms with E-state index >= 15 is 0 Å². The van der Waals surface area contributed by atoms with Crippen molar-refractivity contribution in [1.82, 2.24) is 19.4 Å². The Morgan fingerprint density at radius 3 is 2.41 bits per heavy atom. The summed E-state index contributed by atoms with van der Waals surface area (Å²) in [6.45, 7) is -0.0953. The number of fused-ring (bicyclic) bond motifs is 1. The quantitative estimate of drug-likeness (QED) is 0.343. The Labute approximate surface area is 201 Å². The fourth-order valence-corrected chi connectivity index (χ4v) is 3.73. The smallest absolute Gasteiger partial charge is 0.265 e. The molecule has 0 bridgehead atoms. The molecule has 0 N–H and O–H groups in total. The van der Waals surface area contributed by atoms with Gasteiger partial charge >= 0.3 is 0 Å². The number of pyridine rings is 1. The molecule has 0 fully saturated rings. The fourth-order valence-electron chi connectivity index (χ4n) is 3.60. The number of rotatable bonds is 6. The number of carbonyl (C=O) groups is 1. The summed E-state index contributed by atoms with van der Waals surface area (Å²) in [6.07, 6.45) is 5.29. The molecule has 2 aromatic carbocycles. The lowest BCUT2D eigenvalue weighted by molar-refractivity contribution is -0.120. The Morgan fingerprint density at radius 2 is 1.68 bits per heavy atom. The third kappa shape index (κ3) is 4.33. The van der Waals surface area contributed by atoms with Gasteiger partial charge in [-0.05, 0) is 54.6 Å². The fraction of sp³-hybridized carbons (Fsp3) is 0.0769. The van der Waals surface area contributed by atoms with Crippen molar-refractivity contribution in [2.75, 3.05) is 18.6 Å². The van der Waals surface area contributed by atoms with Crippen LogP contribution in [0.4, 0.5) is 5.82 Å². The van der Waals surface area contributed by atoms with Crippen LogP contribution < -0.4 is 9.64 Å². The van der Waals surface area contributed by atoms with Crippen molar-refractivity contribution in [2.45, 2.75) is 0 Å². The molecule has 0 aliphatic heterocycles. The molecule has 7 nitrogen and oxygen atoms in total. The maximum absolute atomic E-state index is 12.5. The lowest BCUT2D eigenvalue weighted by Gasteiger charge is -2.16. The number of carbonyl (C=O) groups excluding carboxylic acids is 1. The number of aromatic nitrogens is 4. The van der Waals surface area contributed by atoms with Crippen molar-refractivity contribution in [2.24, 2.45) is 0 Å². The van der Waals surface area contributed by atoms with Crippen LogP contribution in [0.2, 0.25) is 5.02 Å². The minimum absolute atomic E-state index is 0.0953. The number of anilines is 1. The number of imidazole rings is 1. The van der Waals surface area contributed by atoms with Crippen LogP contribution in [0.1, 0.15) is 0 Å². The molecule has 3 aromatic heterocycles. The van der Waals surface area contributed by atoms with Crippen molar-refractivity contribution in [3.63, 3.8) is 0 Å². The van der Waals surface area contributed by atoms with Crippen LogP contribution in [0, 0.1) is 0 Å². The van der Waals surface area contributed by atoms with Gasteiger partial charge in [0.25, 0.3) is 5.91 Å². The number of ether oxygens (including phenoxy) is 1. The highest BCUT2D eigenvalue weighted by molar-refractivity contribution is 6.30. The predicted molar refractivity (Wildman–Crippen MR) is 132 cm³/mol. The zero-order chi connectivity index (χ0) is 23.5. The van der Waals surface area contributed by atoms with E-state index in [1.165, 1.54) is 4.90 Å². The molecule has 0 saturated heterocycles. The van der Waals surface area contributed by atoms with Gasteiger partial charge in [0.05, 0.1) is 11.4 Å². The Morgan fingerprint density at radius 1 is 0.941 bits per heavy atom. The molecule has 34 heavy (non-hydrogen) atoms. The number of hydrogen-bond acceptors (Lipinski definition) is 5. The van der Waals surface area contributed by atoms with Gasteiger partial charge in [0.2, 0.25) is 5.78 Å². The van der Waals surface area contributed by atoms with Gasteiger partial charge < -0.3 is 4.74 Å². The van der Waals surface area contributed by atoms with Crippen molar-refractivity contribution in [3.05, 3.63) is 96.4 Å². The second-order valence-electron chi connectivity index (χ2n) is 7.56. The monoisotopic (exact) mass is 469 g/mol. The normalized spacial score (nSPS) is 10.9. The highest BCUT2D eigenvalue weighted by Gasteiger charge is 2.17. The van der Waals surface area contributed by atoms with E-state index in [9.17, 15) is 4.79 Å².